The summed E-state index contributed by atoms with van der Waals surface area (Å²) in [5, 5.41) is 4.63. The Kier molecular flexibility index (Phi) is 3.64. The Morgan fingerprint density at radius 2 is 2.00 bits per heavy atom. The largest absolute Gasteiger partial charge is 0.344 e. The molecule has 0 aliphatic heterocycles. The molecule has 0 saturated heterocycles. The smallest absolute Gasteiger partial charge is 0.265 e. The van der Waals surface area contributed by atoms with E-state index in [0.717, 1.165) is 17.0 Å². The molecule has 17 heavy (non-hydrogen) atoms. The predicted molar refractivity (Wildman–Crippen MR) is 67.5 cm³/mol. The molecule has 0 aliphatic carbocycles. The molecule has 1 aromatic carbocycles. The van der Waals surface area contributed by atoms with E-state index in [-0.39, 0.29) is 0 Å². The standard InChI is InChI=1S/C12H14ClN3O/c1-16(2)12-14-11(17-15-12)8-7-9-5-3-4-6-10(9)13/h3-6H,7-8H2,1-2H3. The number of halogens is 1. The van der Waals surface area contributed by atoms with Crippen molar-refractivity contribution in [3.05, 3.63) is 40.7 Å². The van der Waals surface area contributed by atoms with E-state index in [1.165, 1.54) is 0 Å². The average Bonchev–Trinajstić information content (AvgIpc) is 2.77. The Morgan fingerprint density at radius 1 is 1.24 bits per heavy atom. The molecule has 0 bridgehead atoms. The lowest BCUT2D eigenvalue weighted by molar-refractivity contribution is 0.378. The number of benzene rings is 1. The lowest BCUT2D eigenvalue weighted by Gasteiger charge is -2.02. The Hall–Kier alpha value is -1.55. The van der Waals surface area contributed by atoms with Crippen LogP contribution in [0, 0.1) is 0 Å². The maximum absolute atomic E-state index is 6.07. The molecule has 0 fully saturated rings. The minimum absolute atomic E-state index is 0.596. The van der Waals surface area contributed by atoms with Gasteiger partial charge in [0.05, 0.1) is 0 Å². The first-order chi connectivity index (χ1) is 8.16. The van der Waals surface area contributed by atoms with Crippen LogP contribution in [0.25, 0.3) is 0 Å². The molecule has 0 unspecified atom stereocenters. The normalized spacial score (nSPS) is 10.5. The molecule has 0 saturated carbocycles. The van der Waals surface area contributed by atoms with Gasteiger partial charge in [-0.15, -0.1) is 0 Å². The van der Waals surface area contributed by atoms with E-state index in [4.69, 9.17) is 16.1 Å². The fourth-order valence-electron chi connectivity index (χ4n) is 1.47. The Morgan fingerprint density at radius 3 is 2.65 bits per heavy atom. The highest BCUT2D eigenvalue weighted by Gasteiger charge is 2.08. The fraction of sp³-hybridized carbons (Fsp3) is 0.333. The monoisotopic (exact) mass is 251 g/mol. The molecule has 1 aromatic heterocycles. The molecule has 4 nitrogen and oxygen atoms in total. The van der Waals surface area contributed by atoms with Crippen LogP contribution in [0.2, 0.25) is 5.02 Å². The summed E-state index contributed by atoms with van der Waals surface area (Å²) in [6.07, 6.45) is 1.50. The van der Waals surface area contributed by atoms with E-state index >= 15 is 0 Å². The molecular formula is C12H14ClN3O. The quantitative estimate of drug-likeness (QED) is 0.838. The van der Waals surface area contributed by atoms with E-state index in [0.29, 0.717) is 18.3 Å². The summed E-state index contributed by atoms with van der Waals surface area (Å²) in [6, 6.07) is 7.78. The molecule has 0 amide bonds. The highest BCUT2D eigenvalue weighted by molar-refractivity contribution is 6.31. The summed E-state index contributed by atoms with van der Waals surface area (Å²) >= 11 is 6.07. The third-order valence-electron chi connectivity index (χ3n) is 2.42. The van der Waals surface area contributed by atoms with Crippen molar-refractivity contribution >= 4 is 17.5 Å². The second-order valence-corrected chi connectivity index (χ2v) is 4.38. The molecule has 0 N–H and O–H groups in total. The second-order valence-electron chi connectivity index (χ2n) is 3.97. The number of rotatable bonds is 4. The number of hydrogen-bond donors (Lipinski definition) is 0. The van der Waals surface area contributed by atoms with E-state index < -0.39 is 0 Å². The van der Waals surface area contributed by atoms with Gasteiger partial charge >= 0.3 is 0 Å². The first-order valence-corrected chi connectivity index (χ1v) is 5.78. The van der Waals surface area contributed by atoms with Crippen molar-refractivity contribution < 1.29 is 4.52 Å². The molecule has 2 rings (SSSR count). The number of hydrogen-bond acceptors (Lipinski definition) is 4. The predicted octanol–water partition coefficient (Wildman–Crippen LogP) is 2.57. The first kappa shape index (κ1) is 11.9. The number of nitrogens with zero attached hydrogens (tertiary/aromatic N) is 3. The Balaban J connectivity index is 2.00. The summed E-state index contributed by atoms with van der Waals surface area (Å²) < 4.78 is 5.14. The van der Waals surface area contributed by atoms with Crippen molar-refractivity contribution in [2.45, 2.75) is 12.8 Å². The number of aryl methyl sites for hydroxylation is 2. The van der Waals surface area contributed by atoms with Gasteiger partial charge in [-0.1, -0.05) is 29.8 Å². The SMILES string of the molecule is CN(C)c1noc(CCc2ccccc2Cl)n1. The van der Waals surface area contributed by atoms with Crippen LogP contribution in [0.3, 0.4) is 0 Å². The maximum Gasteiger partial charge on any atom is 0.265 e. The summed E-state index contributed by atoms with van der Waals surface area (Å²) in [5.74, 6) is 1.23. The van der Waals surface area contributed by atoms with Crippen LogP contribution in [0.15, 0.2) is 28.8 Å². The van der Waals surface area contributed by atoms with Crippen LogP contribution in [0.1, 0.15) is 11.5 Å². The molecule has 90 valence electrons. The second kappa shape index (κ2) is 5.19. The molecule has 5 heteroatoms. The zero-order valence-corrected chi connectivity index (χ0v) is 10.6. The molecule has 0 atom stereocenters. The van der Waals surface area contributed by atoms with Crippen LogP contribution < -0.4 is 4.90 Å². The highest BCUT2D eigenvalue weighted by atomic mass is 35.5. The van der Waals surface area contributed by atoms with Gasteiger partial charge in [0, 0.05) is 25.5 Å². The zero-order valence-electron chi connectivity index (χ0n) is 9.85. The van der Waals surface area contributed by atoms with Crippen molar-refractivity contribution in [3.63, 3.8) is 0 Å². The molecule has 2 aromatic rings. The van der Waals surface area contributed by atoms with Gasteiger partial charge in [-0.2, -0.15) is 4.98 Å². The highest BCUT2D eigenvalue weighted by Crippen LogP contribution is 2.17. The number of anilines is 1. The molecule has 1 heterocycles. The summed E-state index contributed by atoms with van der Waals surface area (Å²) in [4.78, 5) is 6.07. The molecule has 0 radical (unpaired) electrons. The van der Waals surface area contributed by atoms with Crippen molar-refractivity contribution in [2.75, 3.05) is 19.0 Å². The van der Waals surface area contributed by atoms with Crippen LogP contribution >= 0.6 is 11.6 Å². The Bertz CT molecular complexity index is 496. The van der Waals surface area contributed by atoms with Gasteiger partial charge in [-0.05, 0) is 23.2 Å². The topological polar surface area (TPSA) is 42.2 Å². The average molecular weight is 252 g/mol. The maximum atomic E-state index is 6.07. The van der Waals surface area contributed by atoms with E-state index in [1.54, 1.807) is 0 Å². The lowest BCUT2D eigenvalue weighted by Crippen LogP contribution is -2.10. The third kappa shape index (κ3) is 2.97. The zero-order chi connectivity index (χ0) is 12.3. The van der Waals surface area contributed by atoms with Gasteiger partial charge in [0.1, 0.15) is 0 Å². The fourth-order valence-corrected chi connectivity index (χ4v) is 1.70. The molecule has 0 spiro atoms. The van der Waals surface area contributed by atoms with Crippen LogP contribution in [0.5, 0.6) is 0 Å². The van der Waals surface area contributed by atoms with E-state index in [2.05, 4.69) is 10.1 Å². The molecular weight excluding hydrogens is 238 g/mol. The van der Waals surface area contributed by atoms with Crippen LogP contribution in [-0.4, -0.2) is 24.2 Å². The van der Waals surface area contributed by atoms with Gasteiger partial charge in [0.2, 0.25) is 5.89 Å². The van der Waals surface area contributed by atoms with Crippen molar-refractivity contribution in [1.29, 1.82) is 0 Å². The van der Waals surface area contributed by atoms with Crippen LogP contribution in [0.4, 0.5) is 5.95 Å². The van der Waals surface area contributed by atoms with Gasteiger partial charge in [0.15, 0.2) is 0 Å². The van der Waals surface area contributed by atoms with E-state index in [1.807, 2.05) is 43.3 Å². The van der Waals surface area contributed by atoms with Gasteiger partial charge in [-0.25, -0.2) is 0 Å². The van der Waals surface area contributed by atoms with E-state index in [9.17, 15) is 0 Å². The summed E-state index contributed by atoms with van der Waals surface area (Å²) in [7, 11) is 3.76. The van der Waals surface area contributed by atoms with Crippen molar-refractivity contribution in [3.8, 4) is 0 Å². The molecule has 0 aliphatic rings. The third-order valence-corrected chi connectivity index (χ3v) is 2.79. The van der Waals surface area contributed by atoms with Gasteiger partial charge in [-0.3, -0.25) is 0 Å². The first-order valence-electron chi connectivity index (χ1n) is 5.40. The van der Waals surface area contributed by atoms with Gasteiger partial charge < -0.3 is 9.42 Å². The van der Waals surface area contributed by atoms with Crippen molar-refractivity contribution in [1.82, 2.24) is 10.1 Å². The Labute approximate surface area is 105 Å². The summed E-state index contributed by atoms with van der Waals surface area (Å²) in [5.41, 5.74) is 1.10. The minimum atomic E-state index is 0.596. The lowest BCUT2D eigenvalue weighted by atomic mass is 10.1. The van der Waals surface area contributed by atoms with Crippen molar-refractivity contribution in [2.24, 2.45) is 0 Å². The summed E-state index contributed by atoms with van der Waals surface area (Å²) in [6.45, 7) is 0. The van der Waals surface area contributed by atoms with Gasteiger partial charge in [0.25, 0.3) is 5.95 Å². The number of aromatic nitrogens is 2. The minimum Gasteiger partial charge on any atom is -0.344 e. The van der Waals surface area contributed by atoms with Crippen LogP contribution in [-0.2, 0) is 12.8 Å².